The second-order valence-electron chi connectivity index (χ2n) is 4.00. The Morgan fingerprint density at radius 1 is 1.21 bits per heavy atom. The minimum atomic E-state index is -1.24. The molecule has 0 saturated heterocycles. The van der Waals surface area contributed by atoms with Gasteiger partial charge in [-0.1, -0.05) is 6.92 Å². The zero-order chi connectivity index (χ0) is 14.8. The van der Waals surface area contributed by atoms with Crippen molar-refractivity contribution in [3.05, 3.63) is 0 Å². The summed E-state index contributed by atoms with van der Waals surface area (Å²) < 4.78 is 0. The topological polar surface area (TPSA) is 116 Å². The molecule has 0 aromatic heterocycles. The van der Waals surface area contributed by atoms with Crippen LogP contribution in [0.1, 0.15) is 26.7 Å². The first-order valence-corrected chi connectivity index (χ1v) is 7.11. The van der Waals surface area contributed by atoms with E-state index in [9.17, 15) is 14.4 Å². The molecule has 2 amide bonds. The van der Waals surface area contributed by atoms with Crippen molar-refractivity contribution < 1.29 is 24.6 Å². The van der Waals surface area contributed by atoms with Crippen LogP contribution in [0.15, 0.2) is 0 Å². The zero-order valence-corrected chi connectivity index (χ0v) is 11.8. The lowest BCUT2D eigenvalue weighted by Crippen LogP contribution is -2.49. The Hall–Kier alpha value is -1.44. The summed E-state index contributed by atoms with van der Waals surface area (Å²) in [4.78, 5) is 32.8. The minimum absolute atomic E-state index is 0.0844. The standard InChI is InChI=1S/C11H20N2O5S/c1-3-19-6-7(2)12-11(18)13-8(10(16)17)4-5-9(14)15/h7-8H,3-6H2,1-2H3,(H,14,15)(H,16,17)(H2,12,13,18)/t7?,8-/m0/s1. The maximum atomic E-state index is 11.5. The number of carboxylic acid groups (broad SMARTS) is 2. The number of carbonyl (C=O) groups excluding carboxylic acids is 1. The van der Waals surface area contributed by atoms with E-state index >= 15 is 0 Å². The highest BCUT2D eigenvalue weighted by Crippen LogP contribution is 2.02. The second-order valence-corrected chi connectivity index (χ2v) is 5.32. The minimum Gasteiger partial charge on any atom is -0.481 e. The third-order valence-corrected chi connectivity index (χ3v) is 3.34. The van der Waals surface area contributed by atoms with Gasteiger partial charge in [0, 0.05) is 18.2 Å². The molecule has 0 saturated carbocycles. The van der Waals surface area contributed by atoms with Gasteiger partial charge in [-0.25, -0.2) is 9.59 Å². The molecule has 0 rings (SSSR count). The van der Waals surface area contributed by atoms with Crippen molar-refractivity contribution in [2.24, 2.45) is 0 Å². The van der Waals surface area contributed by atoms with E-state index in [2.05, 4.69) is 10.6 Å². The fraction of sp³-hybridized carbons (Fsp3) is 0.727. The normalized spacial score (nSPS) is 13.4. The van der Waals surface area contributed by atoms with Crippen LogP contribution in [0, 0.1) is 0 Å². The van der Waals surface area contributed by atoms with E-state index in [4.69, 9.17) is 10.2 Å². The molecule has 0 bridgehead atoms. The number of carbonyl (C=O) groups is 3. The number of aliphatic carboxylic acids is 2. The number of nitrogens with one attached hydrogen (secondary N) is 2. The first-order chi connectivity index (χ1) is 8.86. The molecule has 0 aromatic rings. The molecule has 8 heteroatoms. The van der Waals surface area contributed by atoms with Crippen LogP contribution in [0.3, 0.4) is 0 Å². The van der Waals surface area contributed by atoms with Gasteiger partial charge in [-0.3, -0.25) is 4.79 Å². The van der Waals surface area contributed by atoms with Gasteiger partial charge in [-0.2, -0.15) is 11.8 Å². The van der Waals surface area contributed by atoms with E-state index in [0.717, 1.165) is 11.5 Å². The van der Waals surface area contributed by atoms with Crippen LogP contribution in [0.4, 0.5) is 4.79 Å². The maximum Gasteiger partial charge on any atom is 0.326 e. The van der Waals surface area contributed by atoms with Gasteiger partial charge >= 0.3 is 18.0 Å². The van der Waals surface area contributed by atoms with Crippen molar-refractivity contribution in [2.45, 2.75) is 38.8 Å². The summed E-state index contributed by atoms with van der Waals surface area (Å²) in [6.45, 7) is 3.82. The molecule has 0 spiro atoms. The molecule has 0 aliphatic heterocycles. The predicted octanol–water partition coefficient (Wildman–Crippen LogP) is 0.745. The molecule has 0 aliphatic carbocycles. The molecule has 0 heterocycles. The van der Waals surface area contributed by atoms with Crippen molar-refractivity contribution in [1.29, 1.82) is 0 Å². The van der Waals surface area contributed by atoms with Crippen LogP contribution in [0.25, 0.3) is 0 Å². The zero-order valence-electron chi connectivity index (χ0n) is 11.0. The SMILES string of the molecule is CCSCC(C)NC(=O)N[C@@H](CCC(=O)O)C(=O)O. The molecule has 2 atom stereocenters. The highest BCUT2D eigenvalue weighted by Gasteiger charge is 2.21. The van der Waals surface area contributed by atoms with Gasteiger partial charge in [-0.05, 0) is 19.1 Å². The molecule has 0 aliphatic rings. The van der Waals surface area contributed by atoms with Crippen molar-refractivity contribution in [3.8, 4) is 0 Å². The first kappa shape index (κ1) is 17.6. The van der Waals surface area contributed by atoms with Gasteiger partial charge in [0.1, 0.15) is 6.04 Å². The average Bonchev–Trinajstić information content (AvgIpc) is 2.31. The Labute approximate surface area is 116 Å². The van der Waals surface area contributed by atoms with E-state index in [1.54, 1.807) is 11.8 Å². The third-order valence-electron chi connectivity index (χ3n) is 2.20. The molecule has 0 radical (unpaired) electrons. The van der Waals surface area contributed by atoms with Crippen LogP contribution < -0.4 is 10.6 Å². The van der Waals surface area contributed by atoms with Crippen molar-refractivity contribution in [1.82, 2.24) is 10.6 Å². The molecule has 7 nitrogen and oxygen atoms in total. The Bertz CT molecular complexity index is 324. The van der Waals surface area contributed by atoms with Crippen LogP contribution in [-0.4, -0.2) is 51.8 Å². The Kier molecular flexibility index (Phi) is 8.77. The summed E-state index contributed by atoms with van der Waals surface area (Å²) in [5.74, 6) is -0.672. The van der Waals surface area contributed by atoms with Gasteiger partial charge in [-0.15, -0.1) is 0 Å². The number of hydrogen-bond donors (Lipinski definition) is 4. The summed E-state index contributed by atoms with van der Waals surface area (Å²) in [7, 11) is 0. The van der Waals surface area contributed by atoms with Gasteiger partial charge < -0.3 is 20.8 Å². The lowest BCUT2D eigenvalue weighted by atomic mass is 10.1. The van der Waals surface area contributed by atoms with Gasteiger partial charge in [0.25, 0.3) is 0 Å². The summed E-state index contributed by atoms with van der Waals surface area (Å²) in [5.41, 5.74) is 0. The third kappa shape index (κ3) is 9.18. The number of carboxylic acids is 2. The fourth-order valence-electron chi connectivity index (χ4n) is 1.29. The summed E-state index contributed by atoms with van der Waals surface area (Å²) in [5, 5.41) is 22.2. The first-order valence-electron chi connectivity index (χ1n) is 5.96. The summed E-state index contributed by atoms with van der Waals surface area (Å²) in [6.07, 6.45) is -0.450. The highest BCUT2D eigenvalue weighted by molar-refractivity contribution is 7.99. The van der Waals surface area contributed by atoms with E-state index in [1.807, 2.05) is 13.8 Å². The number of amides is 2. The van der Waals surface area contributed by atoms with E-state index in [-0.39, 0.29) is 18.9 Å². The molecule has 4 N–H and O–H groups in total. The molecular weight excluding hydrogens is 272 g/mol. The quantitative estimate of drug-likeness (QED) is 0.498. The van der Waals surface area contributed by atoms with Crippen LogP contribution in [0.5, 0.6) is 0 Å². The average molecular weight is 292 g/mol. The Morgan fingerprint density at radius 2 is 1.84 bits per heavy atom. The van der Waals surface area contributed by atoms with Crippen molar-refractivity contribution in [3.63, 3.8) is 0 Å². The van der Waals surface area contributed by atoms with E-state index in [1.165, 1.54) is 0 Å². The lowest BCUT2D eigenvalue weighted by Gasteiger charge is -2.17. The number of rotatable bonds is 9. The molecule has 0 fully saturated rings. The molecule has 1 unspecified atom stereocenters. The van der Waals surface area contributed by atoms with Gasteiger partial charge in [0.2, 0.25) is 0 Å². The van der Waals surface area contributed by atoms with Crippen LogP contribution >= 0.6 is 11.8 Å². The predicted molar refractivity (Wildman–Crippen MR) is 72.4 cm³/mol. The van der Waals surface area contributed by atoms with Crippen LogP contribution in [-0.2, 0) is 9.59 Å². The number of thioether (sulfide) groups is 1. The molecule has 110 valence electrons. The van der Waals surface area contributed by atoms with Gasteiger partial charge in [0.05, 0.1) is 0 Å². The Balaban J connectivity index is 4.16. The Morgan fingerprint density at radius 3 is 2.32 bits per heavy atom. The largest absolute Gasteiger partial charge is 0.481 e. The van der Waals surface area contributed by atoms with Crippen LogP contribution in [0.2, 0.25) is 0 Å². The van der Waals surface area contributed by atoms with E-state index in [0.29, 0.717) is 0 Å². The molecular formula is C11H20N2O5S. The highest BCUT2D eigenvalue weighted by atomic mass is 32.2. The summed E-state index contributed by atoms with van der Waals surface area (Å²) in [6, 6.07) is -1.87. The maximum absolute atomic E-state index is 11.5. The van der Waals surface area contributed by atoms with E-state index < -0.39 is 24.0 Å². The lowest BCUT2D eigenvalue weighted by molar-refractivity contribution is -0.140. The second kappa shape index (κ2) is 9.48. The number of hydrogen-bond acceptors (Lipinski definition) is 4. The van der Waals surface area contributed by atoms with Crippen molar-refractivity contribution in [2.75, 3.05) is 11.5 Å². The molecule has 0 aromatic carbocycles. The molecule has 19 heavy (non-hydrogen) atoms. The monoisotopic (exact) mass is 292 g/mol. The van der Waals surface area contributed by atoms with Gasteiger partial charge in [0.15, 0.2) is 0 Å². The van der Waals surface area contributed by atoms with Crippen molar-refractivity contribution >= 4 is 29.7 Å². The fourth-order valence-corrected chi connectivity index (χ4v) is 1.96. The smallest absolute Gasteiger partial charge is 0.326 e. The summed E-state index contributed by atoms with van der Waals surface area (Å²) >= 11 is 1.66. The number of urea groups is 1.